The highest BCUT2D eigenvalue weighted by Crippen LogP contribution is 2.27. The molecule has 0 bridgehead atoms. The number of aryl methyl sites for hydroxylation is 1. The molecule has 9 nitrogen and oxygen atoms in total. The Morgan fingerprint density at radius 3 is 2.86 bits per heavy atom. The number of hydrogen-bond acceptors (Lipinski definition) is 7. The number of nitrogens with zero attached hydrogens (tertiary/aromatic N) is 3. The van der Waals surface area contributed by atoms with E-state index in [2.05, 4.69) is 15.5 Å². The number of rotatable bonds is 6. The zero-order valence-electron chi connectivity index (χ0n) is 15.2. The van der Waals surface area contributed by atoms with E-state index in [0.717, 1.165) is 4.73 Å². The normalized spacial score (nSPS) is 10.9. The Labute approximate surface area is 159 Å². The maximum Gasteiger partial charge on any atom is 0.294 e. The molecule has 0 aliphatic rings. The number of phenols is 1. The first kappa shape index (κ1) is 18.9. The van der Waals surface area contributed by atoms with Crippen LogP contribution in [-0.2, 0) is 4.79 Å². The van der Waals surface area contributed by atoms with Crippen molar-refractivity contribution >= 4 is 23.0 Å². The average molecular weight is 382 g/mol. The monoisotopic (exact) mass is 382 g/mol. The molecule has 2 aromatic carbocycles. The fourth-order valence-corrected chi connectivity index (χ4v) is 2.52. The van der Waals surface area contributed by atoms with Gasteiger partial charge in [0.25, 0.3) is 11.5 Å². The molecule has 1 amide bonds. The van der Waals surface area contributed by atoms with Crippen LogP contribution in [0.1, 0.15) is 11.4 Å². The zero-order valence-corrected chi connectivity index (χ0v) is 15.2. The molecule has 144 valence electrons. The summed E-state index contributed by atoms with van der Waals surface area (Å²) in [7, 11) is 1.43. The fourth-order valence-electron chi connectivity index (χ4n) is 2.52. The molecule has 3 rings (SSSR count). The average Bonchev–Trinajstić information content (AvgIpc) is 2.69. The first-order valence-electron chi connectivity index (χ1n) is 8.31. The van der Waals surface area contributed by atoms with Gasteiger partial charge >= 0.3 is 0 Å². The van der Waals surface area contributed by atoms with Crippen LogP contribution >= 0.6 is 0 Å². The van der Waals surface area contributed by atoms with Crippen molar-refractivity contribution in [3.05, 3.63) is 64.2 Å². The van der Waals surface area contributed by atoms with Gasteiger partial charge in [-0.2, -0.15) is 5.10 Å². The molecule has 1 aromatic heterocycles. The predicted octanol–water partition coefficient (Wildman–Crippen LogP) is 0.998. The molecule has 0 saturated heterocycles. The molecule has 28 heavy (non-hydrogen) atoms. The third-order valence-electron chi connectivity index (χ3n) is 3.86. The van der Waals surface area contributed by atoms with Gasteiger partial charge in [-0.15, -0.1) is 4.73 Å². The van der Waals surface area contributed by atoms with E-state index < -0.39 is 18.1 Å². The number of methoxy groups -OCH3 is 1. The summed E-state index contributed by atoms with van der Waals surface area (Å²) in [4.78, 5) is 33.9. The number of carbonyl (C=O) groups excluding carboxylic acids is 1. The SMILES string of the molecule is COc1cccc(C=NNC(=O)COn2c(C)nc3ccccc3c2=O)c1O. The van der Waals surface area contributed by atoms with Crippen molar-refractivity contribution < 1.29 is 19.5 Å². The Kier molecular flexibility index (Phi) is 5.54. The summed E-state index contributed by atoms with van der Waals surface area (Å²) in [5.41, 5.74) is 2.78. The van der Waals surface area contributed by atoms with Crippen LogP contribution in [0.15, 0.2) is 52.4 Å². The second kappa shape index (κ2) is 8.21. The molecule has 0 spiro atoms. The van der Waals surface area contributed by atoms with Crippen molar-refractivity contribution in [2.75, 3.05) is 13.7 Å². The van der Waals surface area contributed by atoms with E-state index in [1.54, 1.807) is 49.4 Å². The highest BCUT2D eigenvalue weighted by Gasteiger charge is 2.10. The van der Waals surface area contributed by atoms with Crippen LogP contribution in [-0.4, -0.2) is 40.7 Å². The lowest BCUT2D eigenvalue weighted by molar-refractivity contribution is -0.126. The van der Waals surface area contributed by atoms with Crippen LogP contribution in [0.2, 0.25) is 0 Å². The van der Waals surface area contributed by atoms with Gasteiger partial charge in [-0.05, 0) is 31.2 Å². The highest BCUT2D eigenvalue weighted by molar-refractivity contribution is 5.86. The summed E-state index contributed by atoms with van der Waals surface area (Å²) in [6.07, 6.45) is 1.27. The lowest BCUT2D eigenvalue weighted by Gasteiger charge is -2.11. The van der Waals surface area contributed by atoms with Crippen LogP contribution in [0.3, 0.4) is 0 Å². The Morgan fingerprint density at radius 2 is 2.07 bits per heavy atom. The molecule has 2 N–H and O–H groups in total. The number of para-hydroxylation sites is 2. The summed E-state index contributed by atoms with van der Waals surface area (Å²) in [5.74, 6) is -0.0691. The molecule has 0 saturated carbocycles. The smallest absolute Gasteiger partial charge is 0.294 e. The quantitative estimate of drug-likeness (QED) is 0.485. The van der Waals surface area contributed by atoms with Crippen molar-refractivity contribution in [1.82, 2.24) is 15.1 Å². The first-order valence-corrected chi connectivity index (χ1v) is 8.31. The lowest BCUT2D eigenvalue weighted by atomic mass is 10.2. The molecule has 0 aliphatic carbocycles. The van der Waals surface area contributed by atoms with Gasteiger partial charge in [0.2, 0.25) is 0 Å². The van der Waals surface area contributed by atoms with Crippen LogP contribution in [0.4, 0.5) is 0 Å². The number of aromatic nitrogens is 2. The van der Waals surface area contributed by atoms with Crippen molar-refractivity contribution in [3.8, 4) is 11.5 Å². The van der Waals surface area contributed by atoms with Gasteiger partial charge in [-0.1, -0.05) is 18.2 Å². The molecule has 9 heteroatoms. The van der Waals surface area contributed by atoms with Crippen molar-refractivity contribution in [2.24, 2.45) is 5.10 Å². The topological polar surface area (TPSA) is 115 Å². The van der Waals surface area contributed by atoms with E-state index >= 15 is 0 Å². The number of aromatic hydroxyl groups is 1. The number of benzene rings is 2. The lowest BCUT2D eigenvalue weighted by Crippen LogP contribution is -2.35. The minimum atomic E-state index is -0.585. The molecule has 0 atom stereocenters. The van der Waals surface area contributed by atoms with Crippen LogP contribution < -0.4 is 20.6 Å². The van der Waals surface area contributed by atoms with E-state index in [1.165, 1.54) is 13.3 Å². The molecular weight excluding hydrogens is 364 g/mol. The van der Waals surface area contributed by atoms with E-state index in [1.807, 2.05) is 0 Å². The number of hydrogen-bond donors (Lipinski definition) is 2. The highest BCUT2D eigenvalue weighted by atomic mass is 16.7. The zero-order chi connectivity index (χ0) is 20.1. The van der Waals surface area contributed by atoms with E-state index in [0.29, 0.717) is 22.3 Å². The molecule has 0 radical (unpaired) electrons. The Bertz CT molecular complexity index is 1110. The minimum Gasteiger partial charge on any atom is -0.504 e. The number of nitrogens with one attached hydrogen (secondary N) is 1. The molecule has 1 heterocycles. The molecule has 0 fully saturated rings. The van der Waals surface area contributed by atoms with Crippen LogP contribution in [0.25, 0.3) is 10.9 Å². The van der Waals surface area contributed by atoms with Gasteiger partial charge in [0.15, 0.2) is 18.1 Å². The summed E-state index contributed by atoms with van der Waals surface area (Å²) < 4.78 is 5.97. The largest absolute Gasteiger partial charge is 0.504 e. The maximum absolute atomic E-state index is 12.5. The second-order valence-corrected chi connectivity index (χ2v) is 5.74. The van der Waals surface area contributed by atoms with Gasteiger partial charge in [-0.3, -0.25) is 9.59 Å². The van der Waals surface area contributed by atoms with E-state index in [4.69, 9.17) is 9.57 Å². The molecule has 0 aliphatic heterocycles. The van der Waals surface area contributed by atoms with Gasteiger partial charge < -0.3 is 14.7 Å². The Balaban J connectivity index is 1.65. The van der Waals surface area contributed by atoms with Crippen LogP contribution in [0, 0.1) is 6.92 Å². The maximum atomic E-state index is 12.5. The van der Waals surface area contributed by atoms with Gasteiger partial charge in [0, 0.05) is 5.56 Å². The van der Waals surface area contributed by atoms with Gasteiger partial charge in [0.05, 0.1) is 24.2 Å². The predicted molar refractivity (Wildman–Crippen MR) is 103 cm³/mol. The number of ether oxygens (including phenoxy) is 1. The first-order chi connectivity index (χ1) is 13.5. The van der Waals surface area contributed by atoms with Crippen molar-refractivity contribution in [1.29, 1.82) is 0 Å². The van der Waals surface area contributed by atoms with E-state index in [9.17, 15) is 14.7 Å². The number of carbonyl (C=O) groups is 1. The summed E-state index contributed by atoms with van der Waals surface area (Å²) in [6, 6.07) is 11.7. The Hall–Kier alpha value is -3.88. The Morgan fingerprint density at radius 1 is 1.29 bits per heavy atom. The number of amides is 1. The fraction of sp³-hybridized carbons (Fsp3) is 0.158. The van der Waals surface area contributed by atoms with Crippen molar-refractivity contribution in [3.63, 3.8) is 0 Å². The number of hydrazone groups is 1. The van der Waals surface area contributed by atoms with E-state index in [-0.39, 0.29) is 11.5 Å². The third-order valence-corrected chi connectivity index (χ3v) is 3.86. The molecule has 0 unspecified atom stereocenters. The second-order valence-electron chi connectivity index (χ2n) is 5.74. The molecular formula is C19H18N4O5. The van der Waals surface area contributed by atoms with Crippen molar-refractivity contribution in [2.45, 2.75) is 6.92 Å². The number of phenolic OH excluding ortho intramolecular Hbond substituents is 1. The standard InChI is InChI=1S/C19H18N4O5/c1-12-21-15-8-4-3-7-14(15)19(26)23(12)28-11-17(24)22-20-10-13-6-5-9-16(27-2)18(13)25/h3-10,25H,11H2,1-2H3,(H,22,24). The van der Waals surface area contributed by atoms with Gasteiger partial charge in [0.1, 0.15) is 5.82 Å². The van der Waals surface area contributed by atoms with Crippen LogP contribution in [0.5, 0.6) is 11.5 Å². The molecule has 3 aromatic rings. The third kappa shape index (κ3) is 3.93. The number of fused-ring (bicyclic) bond motifs is 1. The summed E-state index contributed by atoms with van der Waals surface area (Å²) >= 11 is 0. The van der Waals surface area contributed by atoms with Gasteiger partial charge in [-0.25, -0.2) is 10.4 Å². The summed E-state index contributed by atoms with van der Waals surface area (Å²) in [6.45, 7) is 1.16. The minimum absolute atomic E-state index is 0.0938. The summed E-state index contributed by atoms with van der Waals surface area (Å²) in [5, 5.41) is 14.1.